The number of aromatic nitrogens is 3. The van der Waals surface area contributed by atoms with Gasteiger partial charge in [-0.25, -0.2) is 4.98 Å². The molecule has 0 fully saturated rings. The van der Waals surface area contributed by atoms with Crippen molar-refractivity contribution < 1.29 is 19.4 Å². The first-order valence-corrected chi connectivity index (χ1v) is 10.5. The van der Waals surface area contributed by atoms with Crippen LogP contribution in [0.1, 0.15) is 10.5 Å². The van der Waals surface area contributed by atoms with Gasteiger partial charge in [-0.05, 0) is 30.3 Å². The number of carbonyl (C=O) groups excluding carboxylic acids is 1. The fourth-order valence-corrected chi connectivity index (χ4v) is 3.33. The van der Waals surface area contributed by atoms with Crippen LogP contribution in [0.15, 0.2) is 54.7 Å². The van der Waals surface area contributed by atoms with Crippen molar-refractivity contribution in [1.82, 2.24) is 19.9 Å². The van der Waals surface area contributed by atoms with Crippen LogP contribution >= 0.6 is 11.6 Å². The smallest absolute Gasteiger partial charge is 0.270 e. The highest BCUT2D eigenvalue weighted by molar-refractivity contribution is 6.30. The monoisotopic (exact) mass is 467 g/mol. The van der Waals surface area contributed by atoms with Gasteiger partial charge in [0.15, 0.2) is 11.5 Å². The third kappa shape index (κ3) is 5.00. The second-order valence-corrected chi connectivity index (χ2v) is 7.51. The molecule has 10 heteroatoms. The first-order valence-electron chi connectivity index (χ1n) is 10.1. The first kappa shape index (κ1) is 22.4. The topological polar surface area (TPSA) is 111 Å². The normalized spacial score (nSPS) is 10.8. The highest BCUT2D eigenvalue weighted by Crippen LogP contribution is 2.36. The summed E-state index contributed by atoms with van der Waals surface area (Å²) in [6.45, 7) is -0.0137. The molecule has 0 aliphatic heterocycles. The van der Waals surface area contributed by atoms with E-state index >= 15 is 0 Å². The second-order valence-electron chi connectivity index (χ2n) is 7.08. The van der Waals surface area contributed by atoms with Gasteiger partial charge in [0.2, 0.25) is 5.95 Å². The number of amides is 1. The van der Waals surface area contributed by atoms with Gasteiger partial charge in [0.1, 0.15) is 11.4 Å². The molecule has 0 bridgehead atoms. The number of aryl methyl sites for hydroxylation is 1. The van der Waals surface area contributed by atoms with Crippen molar-refractivity contribution >= 4 is 40.2 Å². The standard InChI is InChI=1S/C23H22ClN5O4/c1-29-19-13-20(32-2)21(33-16-7-8-25-18(11-16)22(31)26-9-10-30)12-17(19)28-23(29)27-15-5-3-14(24)4-6-15/h3-8,11-13,30H,9-10H2,1-2H3,(H,26,31)(H,27,28). The van der Waals surface area contributed by atoms with E-state index in [1.807, 2.05) is 29.8 Å². The predicted molar refractivity (Wildman–Crippen MR) is 126 cm³/mol. The number of rotatable bonds is 8. The lowest BCUT2D eigenvalue weighted by Crippen LogP contribution is -2.27. The van der Waals surface area contributed by atoms with Crippen LogP contribution in [0.25, 0.3) is 11.0 Å². The highest BCUT2D eigenvalue weighted by atomic mass is 35.5. The van der Waals surface area contributed by atoms with Crippen molar-refractivity contribution in [3.8, 4) is 17.2 Å². The van der Waals surface area contributed by atoms with E-state index in [2.05, 4.69) is 20.6 Å². The minimum Gasteiger partial charge on any atom is -0.493 e. The Morgan fingerprint density at radius 1 is 1.15 bits per heavy atom. The Morgan fingerprint density at radius 3 is 2.67 bits per heavy atom. The van der Waals surface area contributed by atoms with Crippen molar-refractivity contribution in [1.29, 1.82) is 0 Å². The molecule has 9 nitrogen and oxygen atoms in total. The van der Waals surface area contributed by atoms with Crippen LogP contribution in [0.3, 0.4) is 0 Å². The number of ether oxygens (including phenoxy) is 2. The van der Waals surface area contributed by atoms with E-state index in [-0.39, 0.29) is 18.8 Å². The minimum absolute atomic E-state index is 0.141. The molecule has 1 amide bonds. The molecule has 3 N–H and O–H groups in total. The van der Waals surface area contributed by atoms with Gasteiger partial charge in [0.25, 0.3) is 5.91 Å². The van der Waals surface area contributed by atoms with E-state index in [4.69, 9.17) is 26.2 Å². The first-order chi connectivity index (χ1) is 16.0. The molecule has 2 heterocycles. The van der Waals surface area contributed by atoms with Crippen molar-refractivity contribution in [3.63, 3.8) is 0 Å². The number of methoxy groups -OCH3 is 1. The number of imidazole rings is 1. The Balaban J connectivity index is 1.63. The SMILES string of the molecule is COc1cc2c(cc1Oc1ccnc(C(=O)NCCO)c1)nc(Nc1ccc(Cl)cc1)n2C. The van der Waals surface area contributed by atoms with Gasteiger partial charge in [0.05, 0.1) is 24.8 Å². The van der Waals surface area contributed by atoms with Gasteiger partial charge in [-0.15, -0.1) is 0 Å². The Kier molecular flexibility index (Phi) is 6.62. The highest BCUT2D eigenvalue weighted by Gasteiger charge is 2.16. The number of nitrogens with one attached hydrogen (secondary N) is 2. The summed E-state index contributed by atoms with van der Waals surface area (Å²) < 4.78 is 13.4. The molecule has 0 radical (unpaired) electrons. The lowest BCUT2D eigenvalue weighted by Gasteiger charge is -2.11. The molecule has 0 unspecified atom stereocenters. The fourth-order valence-electron chi connectivity index (χ4n) is 3.20. The number of pyridine rings is 1. The molecule has 2 aromatic carbocycles. The average Bonchev–Trinajstić information content (AvgIpc) is 3.12. The molecule has 0 atom stereocenters. The zero-order chi connectivity index (χ0) is 23.4. The molecule has 0 aliphatic carbocycles. The van der Waals surface area contributed by atoms with Crippen molar-refractivity contribution in [3.05, 3.63) is 65.4 Å². The summed E-state index contributed by atoms with van der Waals surface area (Å²) in [4.78, 5) is 20.8. The van der Waals surface area contributed by atoms with Crippen LogP contribution in [0.4, 0.5) is 11.6 Å². The second kappa shape index (κ2) is 9.76. The van der Waals surface area contributed by atoms with Crippen molar-refractivity contribution in [2.75, 3.05) is 25.6 Å². The molecular formula is C23H22ClN5O4. The third-order valence-electron chi connectivity index (χ3n) is 4.86. The Bertz CT molecular complexity index is 1290. The van der Waals surface area contributed by atoms with E-state index in [1.165, 1.54) is 12.3 Å². The molecule has 170 valence electrons. The number of aliphatic hydroxyl groups excluding tert-OH is 1. The maximum atomic E-state index is 12.1. The van der Waals surface area contributed by atoms with E-state index in [0.717, 1.165) is 11.2 Å². The number of carbonyl (C=O) groups is 1. The Labute approximate surface area is 194 Å². The molecule has 2 aromatic heterocycles. The van der Waals surface area contributed by atoms with Gasteiger partial charge >= 0.3 is 0 Å². The largest absolute Gasteiger partial charge is 0.493 e. The summed E-state index contributed by atoms with van der Waals surface area (Å²) in [5, 5.41) is 15.4. The van der Waals surface area contributed by atoms with Gasteiger partial charge in [-0.1, -0.05) is 11.6 Å². The summed E-state index contributed by atoms with van der Waals surface area (Å²) in [5.41, 5.74) is 2.56. The number of benzene rings is 2. The van der Waals surface area contributed by atoms with Crippen molar-refractivity contribution in [2.45, 2.75) is 0 Å². The van der Waals surface area contributed by atoms with Crippen LogP contribution in [0.5, 0.6) is 17.2 Å². The molecule has 4 rings (SSSR count). The quantitative estimate of drug-likeness (QED) is 0.360. The molecule has 33 heavy (non-hydrogen) atoms. The van der Waals surface area contributed by atoms with Crippen LogP contribution in [0.2, 0.25) is 5.02 Å². The number of nitrogens with zero attached hydrogens (tertiary/aromatic N) is 3. The molecule has 0 spiro atoms. The van der Waals surface area contributed by atoms with E-state index in [1.54, 1.807) is 31.4 Å². The summed E-state index contributed by atoms with van der Waals surface area (Å²) >= 11 is 5.96. The number of aliphatic hydroxyl groups is 1. The Hall–Kier alpha value is -3.82. The van der Waals surface area contributed by atoms with Crippen LogP contribution in [0, 0.1) is 0 Å². The molecule has 0 saturated carbocycles. The minimum atomic E-state index is -0.403. The van der Waals surface area contributed by atoms with E-state index < -0.39 is 5.91 Å². The van der Waals surface area contributed by atoms with Crippen LogP contribution in [-0.4, -0.2) is 45.8 Å². The van der Waals surface area contributed by atoms with Gasteiger partial charge < -0.3 is 29.8 Å². The van der Waals surface area contributed by atoms with Gasteiger partial charge in [-0.3, -0.25) is 9.78 Å². The summed E-state index contributed by atoms with van der Waals surface area (Å²) in [6.07, 6.45) is 1.48. The fraction of sp³-hybridized carbons (Fsp3) is 0.174. The maximum Gasteiger partial charge on any atom is 0.270 e. The summed E-state index contributed by atoms with van der Waals surface area (Å²) in [5.74, 6) is 1.59. The molecule has 0 aliphatic rings. The lowest BCUT2D eigenvalue weighted by atomic mass is 10.2. The van der Waals surface area contributed by atoms with E-state index in [0.29, 0.717) is 33.7 Å². The maximum absolute atomic E-state index is 12.1. The average molecular weight is 468 g/mol. The van der Waals surface area contributed by atoms with E-state index in [9.17, 15) is 4.79 Å². The molecule has 0 saturated heterocycles. The third-order valence-corrected chi connectivity index (χ3v) is 5.11. The number of anilines is 2. The number of halogens is 1. The zero-order valence-corrected chi connectivity index (χ0v) is 18.8. The summed E-state index contributed by atoms with van der Waals surface area (Å²) in [7, 11) is 3.45. The number of hydrogen-bond donors (Lipinski definition) is 3. The number of fused-ring (bicyclic) bond motifs is 1. The molecule has 4 aromatic rings. The molecular weight excluding hydrogens is 446 g/mol. The summed E-state index contributed by atoms with van der Waals surface area (Å²) in [6, 6.07) is 14.1. The zero-order valence-electron chi connectivity index (χ0n) is 18.0. The van der Waals surface area contributed by atoms with Crippen LogP contribution < -0.4 is 20.1 Å². The number of hydrogen-bond acceptors (Lipinski definition) is 7. The Morgan fingerprint density at radius 2 is 1.94 bits per heavy atom. The van der Waals surface area contributed by atoms with Gasteiger partial charge in [-0.2, -0.15) is 0 Å². The van der Waals surface area contributed by atoms with Crippen LogP contribution in [-0.2, 0) is 7.05 Å². The van der Waals surface area contributed by atoms with Gasteiger partial charge in [0, 0.05) is 48.7 Å². The van der Waals surface area contributed by atoms with Crippen molar-refractivity contribution in [2.24, 2.45) is 7.05 Å². The lowest BCUT2D eigenvalue weighted by molar-refractivity contribution is 0.0939. The predicted octanol–water partition coefficient (Wildman–Crippen LogP) is 3.89.